The van der Waals surface area contributed by atoms with Gasteiger partial charge in [0.15, 0.2) is 0 Å². The SMILES string of the molecule is CCCCCCCCCCCCC(CCCCCCCCCC)(CCCCCC(CCCCCCC)OC(=O)CCCN(C)C)C(=O)O. The second-order valence-electron chi connectivity index (χ2n) is 15.6. The Balaban J connectivity index is 4.94. The molecule has 0 spiro atoms. The number of carboxylic acids is 1. The third kappa shape index (κ3) is 28.7. The van der Waals surface area contributed by atoms with Crippen LogP contribution < -0.4 is 0 Å². The van der Waals surface area contributed by atoms with Gasteiger partial charge in [0.25, 0.3) is 0 Å². The fourth-order valence-electron chi connectivity index (χ4n) is 7.28. The Kier molecular flexibility index (Phi) is 33.6. The number of unbranched alkanes of at least 4 members (excludes halogenated alkanes) is 22. The molecule has 1 N–H and O–H groups in total. The van der Waals surface area contributed by atoms with Crippen LogP contribution in [0.2, 0.25) is 0 Å². The summed E-state index contributed by atoms with van der Waals surface area (Å²) in [7, 11) is 4.08. The Bertz CT molecular complexity index is 711. The van der Waals surface area contributed by atoms with Gasteiger partial charge in [-0.1, -0.05) is 175 Å². The van der Waals surface area contributed by atoms with Gasteiger partial charge in [0, 0.05) is 6.42 Å². The van der Waals surface area contributed by atoms with Gasteiger partial charge < -0.3 is 14.7 Å². The summed E-state index contributed by atoms with van der Waals surface area (Å²) in [5, 5.41) is 10.6. The molecule has 0 aliphatic rings. The topological polar surface area (TPSA) is 66.8 Å². The Morgan fingerprint density at radius 1 is 0.521 bits per heavy atom. The first kappa shape index (κ1) is 46.9. The van der Waals surface area contributed by atoms with Crippen LogP contribution in [0.5, 0.6) is 0 Å². The molecule has 5 nitrogen and oxygen atoms in total. The lowest BCUT2D eigenvalue weighted by Gasteiger charge is -2.30. The van der Waals surface area contributed by atoms with E-state index < -0.39 is 11.4 Å². The zero-order valence-corrected chi connectivity index (χ0v) is 33.2. The zero-order valence-electron chi connectivity index (χ0n) is 33.2. The molecule has 0 heterocycles. The molecule has 0 rings (SSSR count). The van der Waals surface area contributed by atoms with Gasteiger partial charge in [0.05, 0.1) is 5.41 Å². The van der Waals surface area contributed by atoms with Gasteiger partial charge in [-0.05, 0) is 72.0 Å². The fourth-order valence-corrected chi connectivity index (χ4v) is 7.28. The lowest BCUT2D eigenvalue weighted by atomic mass is 9.74. The van der Waals surface area contributed by atoms with Gasteiger partial charge in [-0.2, -0.15) is 0 Å². The van der Waals surface area contributed by atoms with Crippen molar-refractivity contribution in [3.05, 3.63) is 0 Å². The van der Waals surface area contributed by atoms with Crippen LogP contribution in [0.1, 0.15) is 233 Å². The number of hydrogen-bond acceptors (Lipinski definition) is 4. The molecule has 0 aliphatic carbocycles. The molecule has 0 amide bonds. The summed E-state index contributed by atoms with van der Waals surface area (Å²) in [4.78, 5) is 27.6. The first-order chi connectivity index (χ1) is 23.3. The Labute approximate surface area is 300 Å². The average Bonchev–Trinajstić information content (AvgIpc) is 3.05. The van der Waals surface area contributed by atoms with Crippen molar-refractivity contribution in [2.75, 3.05) is 20.6 Å². The molecule has 5 heteroatoms. The third-order valence-electron chi connectivity index (χ3n) is 10.6. The quantitative estimate of drug-likeness (QED) is 0.0519. The molecule has 2 unspecified atom stereocenters. The number of rotatable bonds is 38. The minimum absolute atomic E-state index is 0.00619. The smallest absolute Gasteiger partial charge is 0.309 e. The first-order valence-corrected chi connectivity index (χ1v) is 21.4. The van der Waals surface area contributed by atoms with Crippen molar-refractivity contribution < 1.29 is 19.4 Å². The van der Waals surface area contributed by atoms with Gasteiger partial charge >= 0.3 is 11.9 Å². The number of ether oxygens (including phenoxy) is 1. The maximum Gasteiger partial charge on any atom is 0.309 e. The highest BCUT2D eigenvalue weighted by molar-refractivity contribution is 5.74. The molecule has 0 bridgehead atoms. The molecule has 0 saturated heterocycles. The van der Waals surface area contributed by atoms with Crippen LogP contribution in [0.15, 0.2) is 0 Å². The van der Waals surface area contributed by atoms with Crippen LogP contribution >= 0.6 is 0 Å². The number of esters is 1. The number of aliphatic carboxylic acids is 1. The molecular formula is C43H85NO4. The highest BCUT2D eigenvalue weighted by Crippen LogP contribution is 2.38. The van der Waals surface area contributed by atoms with Crippen LogP contribution in [0.4, 0.5) is 0 Å². The first-order valence-electron chi connectivity index (χ1n) is 21.4. The van der Waals surface area contributed by atoms with Crippen LogP contribution in [-0.2, 0) is 14.3 Å². The molecule has 0 aromatic heterocycles. The standard InChI is InChI=1S/C43H85NO4/c1-6-9-12-15-17-19-20-22-25-30-37-43(42(46)47,36-29-24-21-18-16-13-10-7-2)38-31-26-28-34-40(33-27-23-14-11-8-3)48-41(45)35-32-39-44(4)5/h40H,6-39H2,1-5H3,(H,46,47). The summed E-state index contributed by atoms with van der Waals surface area (Å²) in [5.41, 5.74) is -0.569. The minimum Gasteiger partial charge on any atom is -0.481 e. The normalized spacial score (nSPS) is 13.5. The molecule has 0 saturated carbocycles. The molecule has 2 atom stereocenters. The fraction of sp³-hybridized carbons (Fsp3) is 0.953. The van der Waals surface area contributed by atoms with Crippen molar-refractivity contribution in [1.82, 2.24) is 4.90 Å². The largest absolute Gasteiger partial charge is 0.481 e. The predicted molar refractivity (Wildman–Crippen MR) is 208 cm³/mol. The maximum atomic E-state index is 12.9. The number of nitrogens with zero attached hydrogens (tertiary/aromatic N) is 1. The summed E-state index contributed by atoms with van der Waals surface area (Å²) in [6, 6.07) is 0. The molecular weight excluding hydrogens is 594 g/mol. The van der Waals surface area contributed by atoms with E-state index in [1.165, 1.54) is 128 Å². The maximum absolute atomic E-state index is 12.9. The van der Waals surface area contributed by atoms with E-state index in [4.69, 9.17) is 4.74 Å². The van der Waals surface area contributed by atoms with Crippen molar-refractivity contribution in [3.63, 3.8) is 0 Å². The van der Waals surface area contributed by atoms with Crippen molar-refractivity contribution >= 4 is 11.9 Å². The van der Waals surface area contributed by atoms with E-state index in [1.807, 2.05) is 14.1 Å². The van der Waals surface area contributed by atoms with Crippen molar-refractivity contribution in [2.45, 2.75) is 239 Å². The van der Waals surface area contributed by atoms with Crippen molar-refractivity contribution in [3.8, 4) is 0 Å². The highest BCUT2D eigenvalue weighted by Gasteiger charge is 2.36. The summed E-state index contributed by atoms with van der Waals surface area (Å²) >= 11 is 0. The molecule has 0 aliphatic heterocycles. The number of carbonyl (C=O) groups excluding carboxylic acids is 1. The molecule has 0 fully saturated rings. The average molecular weight is 680 g/mol. The van der Waals surface area contributed by atoms with Gasteiger partial charge in [0.1, 0.15) is 6.10 Å². The van der Waals surface area contributed by atoms with E-state index in [1.54, 1.807) is 0 Å². The molecule has 0 radical (unpaired) electrons. The van der Waals surface area contributed by atoms with Crippen LogP contribution in [-0.4, -0.2) is 48.7 Å². The van der Waals surface area contributed by atoms with Crippen LogP contribution in [0, 0.1) is 5.41 Å². The van der Waals surface area contributed by atoms with Crippen molar-refractivity contribution in [2.24, 2.45) is 5.41 Å². The summed E-state index contributed by atoms with van der Waals surface area (Å²) in [5.74, 6) is -0.611. The highest BCUT2D eigenvalue weighted by atomic mass is 16.5. The number of hydrogen-bond donors (Lipinski definition) is 1. The zero-order chi connectivity index (χ0) is 35.6. The Hall–Kier alpha value is -1.10. The summed E-state index contributed by atoms with van der Waals surface area (Å²) < 4.78 is 6.00. The second-order valence-corrected chi connectivity index (χ2v) is 15.6. The van der Waals surface area contributed by atoms with Crippen LogP contribution in [0.25, 0.3) is 0 Å². The van der Waals surface area contributed by atoms with E-state index in [-0.39, 0.29) is 12.1 Å². The predicted octanol–water partition coefficient (Wildman–Crippen LogP) is 13.5. The second kappa shape index (κ2) is 34.4. The number of carbonyl (C=O) groups is 2. The third-order valence-corrected chi connectivity index (χ3v) is 10.6. The lowest BCUT2D eigenvalue weighted by molar-refractivity contribution is -0.151. The van der Waals surface area contributed by atoms with E-state index in [2.05, 4.69) is 25.7 Å². The van der Waals surface area contributed by atoms with E-state index in [0.717, 1.165) is 83.6 Å². The summed E-state index contributed by atoms with van der Waals surface area (Å²) in [6.45, 7) is 7.68. The Morgan fingerprint density at radius 2 is 0.854 bits per heavy atom. The van der Waals surface area contributed by atoms with Gasteiger partial charge in [-0.3, -0.25) is 9.59 Å². The Morgan fingerprint density at radius 3 is 1.21 bits per heavy atom. The van der Waals surface area contributed by atoms with E-state index in [9.17, 15) is 14.7 Å². The molecule has 286 valence electrons. The van der Waals surface area contributed by atoms with Gasteiger partial charge in [0.2, 0.25) is 0 Å². The van der Waals surface area contributed by atoms with Gasteiger partial charge in [-0.15, -0.1) is 0 Å². The molecule has 0 aromatic carbocycles. The minimum atomic E-state index is -0.569. The lowest BCUT2D eigenvalue weighted by Crippen LogP contribution is -2.31. The monoisotopic (exact) mass is 680 g/mol. The van der Waals surface area contributed by atoms with E-state index >= 15 is 0 Å². The van der Waals surface area contributed by atoms with Gasteiger partial charge in [-0.25, -0.2) is 0 Å². The molecule has 0 aromatic rings. The van der Waals surface area contributed by atoms with Crippen LogP contribution in [0.3, 0.4) is 0 Å². The molecule has 48 heavy (non-hydrogen) atoms. The number of carboxylic acid groups (broad SMARTS) is 1. The van der Waals surface area contributed by atoms with Crippen molar-refractivity contribution in [1.29, 1.82) is 0 Å². The van der Waals surface area contributed by atoms with E-state index in [0.29, 0.717) is 6.42 Å². The summed E-state index contributed by atoms with van der Waals surface area (Å²) in [6.07, 6.45) is 37.6.